The SMILES string of the molecule is Cc1cc(Cl)cc(-n2ccc(-c3cccc(C(=O)O)c3)c2)c1. The topological polar surface area (TPSA) is 42.2 Å². The van der Waals surface area contributed by atoms with Crippen molar-refractivity contribution < 1.29 is 9.90 Å². The van der Waals surface area contributed by atoms with Gasteiger partial charge in [0.1, 0.15) is 0 Å². The molecule has 3 aromatic rings. The van der Waals surface area contributed by atoms with E-state index in [9.17, 15) is 4.79 Å². The summed E-state index contributed by atoms with van der Waals surface area (Å²) in [4.78, 5) is 11.1. The van der Waals surface area contributed by atoms with Crippen LogP contribution in [0.4, 0.5) is 0 Å². The number of carboxylic acids is 1. The van der Waals surface area contributed by atoms with Crippen LogP contribution in [0.2, 0.25) is 5.02 Å². The first-order chi connectivity index (χ1) is 10.5. The van der Waals surface area contributed by atoms with E-state index in [0.29, 0.717) is 5.02 Å². The van der Waals surface area contributed by atoms with Crippen LogP contribution >= 0.6 is 11.6 Å². The standard InChI is InChI=1S/C18H14ClNO2/c1-12-7-16(19)10-17(8-12)20-6-5-15(11-20)13-3-2-4-14(9-13)18(21)22/h2-11H,1H3,(H,21,22). The van der Waals surface area contributed by atoms with Crippen molar-refractivity contribution in [3.8, 4) is 16.8 Å². The molecule has 2 aromatic carbocycles. The monoisotopic (exact) mass is 311 g/mol. The van der Waals surface area contributed by atoms with Crippen LogP contribution in [0.3, 0.4) is 0 Å². The summed E-state index contributed by atoms with van der Waals surface area (Å²) in [6.45, 7) is 2.00. The molecule has 0 saturated carbocycles. The smallest absolute Gasteiger partial charge is 0.335 e. The fourth-order valence-electron chi connectivity index (χ4n) is 2.43. The normalized spacial score (nSPS) is 10.6. The van der Waals surface area contributed by atoms with Gasteiger partial charge in [-0.05, 0) is 60.0 Å². The molecule has 1 N–H and O–H groups in total. The summed E-state index contributed by atoms with van der Waals surface area (Å²) >= 11 is 6.10. The van der Waals surface area contributed by atoms with E-state index in [2.05, 4.69) is 0 Å². The van der Waals surface area contributed by atoms with Crippen molar-refractivity contribution in [1.82, 2.24) is 4.57 Å². The molecule has 4 heteroatoms. The Kier molecular flexibility index (Phi) is 3.73. The molecule has 0 aliphatic carbocycles. The second-order valence-electron chi connectivity index (χ2n) is 5.18. The fraction of sp³-hybridized carbons (Fsp3) is 0.0556. The molecule has 1 aromatic heterocycles. The molecule has 0 spiro atoms. The summed E-state index contributed by atoms with van der Waals surface area (Å²) in [5.74, 6) is -0.924. The third kappa shape index (κ3) is 2.90. The predicted octanol–water partition coefficient (Wildman–Crippen LogP) is 4.80. The number of aromatic nitrogens is 1. The van der Waals surface area contributed by atoms with Crippen LogP contribution in [0.1, 0.15) is 15.9 Å². The first-order valence-corrected chi connectivity index (χ1v) is 7.20. The second kappa shape index (κ2) is 5.70. The van der Waals surface area contributed by atoms with Gasteiger partial charge in [-0.25, -0.2) is 4.79 Å². The van der Waals surface area contributed by atoms with E-state index in [4.69, 9.17) is 16.7 Å². The maximum Gasteiger partial charge on any atom is 0.335 e. The molecule has 0 radical (unpaired) electrons. The minimum atomic E-state index is -0.924. The highest BCUT2D eigenvalue weighted by Crippen LogP contribution is 2.24. The lowest BCUT2D eigenvalue weighted by atomic mass is 10.1. The molecule has 0 aliphatic rings. The number of benzene rings is 2. The average molecular weight is 312 g/mol. The van der Waals surface area contributed by atoms with Gasteiger partial charge in [0.15, 0.2) is 0 Å². The number of aromatic carboxylic acids is 1. The highest BCUT2D eigenvalue weighted by molar-refractivity contribution is 6.30. The van der Waals surface area contributed by atoms with E-state index in [-0.39, 0.29) is 5.56 Å². The average Bonchev–Trinajstić information content (AvgIpc) is 2.96. The van der Waals surface area contributed by atoms with Gasteiger partial charge in [0.25, 0.3) is 0 Å². The van der Waals surface area contributed by atoms with E-state index < -0.39 is 5.97 Å². The van der Waals surface area contributed by atoms with Gasteiger partial charge in [-0.2, -0.15) is 0 Å². The summed E-state index contributed by atoms with van der Waals surface area (Å²) in [7, 11) is 0. The molecule has 0 fully saturated rings. The lowest BCUT2D eigenvalue weighted by molar-refractivity contribution is 0.0697. The quantitative estimate of drug-likeness (QED) is 0.754. The Morgan fingerprint density at radius 2 is 1.91 bits per heavy atom. The van der Waals surface area contributed by atoms with E-state index in [1.807, 2.05) is 54.2 Å². The van der Waals surface area contributed by atoms with E-state index >= 15 is 0 Å². The van der Waals surface area contributed by atoms with Crippen LogP contribution in [-0.2, 0) is 0 Å². The minimum absolute atomic E-state index is 0.281. The van der Waals surface area contributed by atoms with Crippen LogP contribution in [0, 0.1) is 6.92 Å². The molecule has 3 rings (SSSR count). The molecule has 110 valence electrons. The molecule has 0 amide bonds. The van der Waals surface area contributed by atoms with Crippen molar-refractivity contribution in [2.75, 3.05) is 0 Å². The van der Waals surface area contributed by atoms with Gasteiger partial charge in [-0.1, -0.05) is 23.7 Å². The van der Waals surface area contributed by atoms with Crippen LogP contribution in [0.15, 0.2) is 60.9 Å². The Morgan fingerprint density at radius 1 is 1.09 bits per heavy atom. The first kappa shape index (κ1) is 14.4. The molecule has 22 heavy (non-hydrogen) atoms. The van der Waals surface area contributed by atoms with Crippen molar-refractivity contribution in [1.29, 1.82) is 0 Å². The Balaban J connectivity index is 2.00. The molecular weight excluding hydrogens is 298 g/mol. The number of halogens is 1. The van der Waals surface area contributed by atoms with Gasteiger partial charge < -0.3 is 9.67 Å². The number of rotatable bonds is 3. The Labute approximate surface area is 133 Å². The number of carbonyl (C=O) groups is 1. The van der Waals surface area contributed by atoms with Crippen LogP contribution in [0.25, 0.3) is 16.8 Å². The van der Waals surface area contributed by atoms with Gasteiger partial charge in [0.05, 0.1) is 5.56 Å². The van der Waals surface area contributed by atoms with Crippen LogP contribution in [0.5, 0.6) is 0 Å². The van der Waals surface area contributed by atoms with Crippen LogP contribution < -0.4 is 0 Å². The van der Waals surface area contributed by atoms with Gasteiger partial charge in [-0.15, -0.1) is 0 Å². The molecule has 0 unspecified atom stereocenters. The zero-order valence-corrected chi connectivity index (χ0v) is 12.7. The Morgan fingerprint density at radius 3 is 2.64 bits per heavy atom. The number of nitrogens with zero attached hydrogens (tertiary/aromatic N) is 1. The van der Waals surface area contributed by atoms with E-state index in [0.717, 1.165) is 22.4 Å². The maximum atomic E-state index is 11.1. The van der Waals surface area contributed by atoms with E-state index in [1.165, 1.54) is 0 Å². The van der Waals surface area contributed by atoms with Crippen molar-refractivity contribution in [3.05, 3.63) is 77.1 Å². The summed E-state index contributed by atoms with van der Waals surface area (Å²) < 4.78 is 1.97. The Hall–Kier alpha value is -2.52. The van der Waals surface area contributed by atoms with Crippen molar-refractivity contribution in [2.45, 2.75) is 6.92 Å². The van der Waals surface area contributed by atoms with E-state index in [1.54, 1.807) is 18.2 Å². The first-order valence-electron chi connectivity index (χ1n) is 6.82. The van der Waals surface area contributed by atoms with Crippen molar-refractivity contribution in [3.63, 3.8) is 0 Å². The predicted molar refractivity (Wildman–Crippen MR) is 87.9 cm³/mol. The lowest BCUT2D eigenvalue weighted by Crippen LogP contribution is -1.95. The van der Waals surface area contributed by atoms with Crippen LogP contribution in [-0.4, -0.2) is 15.6 Å². The molecule has 0 bridgehead atoms. The summed E-state index contributed by atoms with van der Waals surface area (Å²) in [6, 6.07) is 14.7. The zero-order valence-electron chi connectivity index (χ0n) is 12.0. The third-order valence-electron chi connectivity index (χ3n) is 3.46. The maximum absolute atomic E-state index is 11.1. The van der Waals surface area contributed by atoms with Gasteiger partial charge in [-0.3, -0.25) is 0 Å². The number of carboxylic acid groups (broad SMARTS) is 1. The number of hydrogen-bond donors (Lipinski definition) is 1. The molecular formula is C18H14ClNO2. The fourth-order valence-corrected chi connectivity index (χ4v) is 2.71. The third-order valence-corrected chi connectivity index (χ3v) is 3.68. The van der Waals surface area contributed by atoms with Gasteiger partial charge >= 0.3 is 5.97 Å². The number of hydrogen-bond acceptors (Lipinski definition) is 1. The highest BCUT2D eigenvalue weighted by Gasteiger charge is 2.07. The van der Waals surface area contributed by atoms with Gasteiger partial charge in [0.2, 0.25) is 0 Å². The molecule has 1 heterocycles. The summed E-state index contributed by atoms with van der Waals surface area (Å²) in [5.41, 5.74) is 4.18. The molecule has 0 aliphatic heterocycles. The molecule has 0 saturated heterocycles. The molecule has 0 atom stereocenters. The summed E-state index contributed by atoms with van der Waals surface area (Å²) in [6.07, 6.45) is 3.90. The Bertz CT molecular complexity index is 832. The minimum Gasteiger partial charge on any atom is -0.478 e. The van der Waals surface area contributed by atoms with Crippen molar-refractivity contribution in [2.24, 2.45) is 0 Å². The van der Waals surface area contributed by atoms with Crippen molar-refractivity contribution >= 4 is 17.6 Å². The highest BCUT2D eigenvalue weighted by atomic mass is 35.5. The van der Waals surface area contributed by atoms with Gasteiger partial charge in [0, 0.05) is 23.1 Å². The largest absolute Gasteiger partial charge is 0.478 e. The second-order valence-corrected chi connectivity index (χ2v) is 5.62. The summed E-state index contributed by atoms with van der Waals surface area (Å²) in [5, 5.41) is 9.77. The molecule has 3 nitrogen and oxygen atoms in total. The zero-order chi connectivity index (χ0) is 15.7. The number of aryl methyl sites for hydroxylation is 1. The lowest BCUT2D eigenvalue weighted by Gasteiger charge is -2.05.